The van der Waals surface area contributed by atoms with Crippen molar-refractivity contribution in [2.45, 2.75) is 6.92 Å². The third-order valence-electron chi connectivity index (χ3n) is 1.28. The van der Waals surface area contributed by atoms with Crippen molar-refractivity contribution in [3.05, 3.63) is 31.1 Å². The first kappa shape index (κ1) is 9.55. The smallest absolute Gasteiger partial charge is 0.156 e. The maximum absolute atomic E-state index is 12.9. The van der Waals surface area contributed by atoms with Gasteiger partial charge in [0.1, 0.15) is 0 Å². The van der Waals surface area contributed by atoms with Crippen LogP contribution in [0.4, 0.5) is 4.39 Å². The summed E-state index contributed by atoms with van der Waals surface area (Å²) in [6.07, 6.45) is 0. The third kappa shape index (κ3) is 1.79. The molecule has 0 aliphatic heterocycles. The van der Waals surface area contributed by atoms with Crippen molar-refractivity contribution < 1.29 is 4.39 Å². The highest BCUT2D eigenvalue weighted by atomic mass is 127. The van der Waals surface area contributed by atoms with Gasteiger partial charge in [-0.1, -0.05) is 23.2 Å². The van der Waals surface area contributed by atoms with Gasteiger partial charge < -0.3 is 0 Å². The predicted molar refractivity (Wildman–Crippen MR) is 53.9 cm³/mol. The summed E-state index contributed by atoms with van der Waals surface area (Å²) in [5.41, 5.74) is 0.794. The first-order valence-corrected chi connectivity index (χ1v) is 4.67. The highest BCUT2D eigenvalue weighted by Gasteiger charge is 2.10. The normalized spacial score (nSPS) is 10.3. The van der Waals surface area contributed by atoms with E-state index in [-0.39, 0.29) is 5.02 Å². The molecule has 60 valence electrons. The fraction of sp³-hybridized carbons (Fsp3) is 0.143. The van der Waals surface area contributed by atoms with E-state index in [1.165, 1.54) is 0 Å². The van der Waals surface area contributed by atoms with Crippen molar-refractivity contribution in [3.63, 3.8) is 0 Å². The Morgan fingerprint density at radius 3 is 2.45 bits per heavy atom. The van der Waals surface area contributed by atoms with E-state index in [2.05, 4.69) is 0 Å². The van der Waals surface area contributed by atoms with E-state index in [0.717, 1.165) is 5.56 Å². The second-order valence-corrected chi connectivity index (χ2v) is 4.04. The van der Waals surface area contributed by atoms with Gasteiger partial charge in [0, 0.05) is 0 Å². The Labute approximate surface area is 87.8 Å². The zero-order chi connectivity index (χ0) is 8.59. The van der Waals surface area contributed by atoms with E-state index in [4.69, 9.17) is 23.2 Å². The van der Waals surface area contributed by atoms with Crippen LogP contribution >= 0.6 is 45.8 Å². The van der Waals surface area contributed by atoms with Crippen LogP contribution in [0.3, 0.4) is 0 Å². The van der Waals surface area contributed by atoms with E-state index < -0.39 is 5.82 Å². The molecule has 0 amide bonds. The Morgan fingerprint density at radius 2 is 1.91 bits per heavy atom. The lowest BCUT2D eigenvalue weighted by Gasteiger charge is -2.02. The molecule has 0 heterocycles. The summed E-state index contributed by atoms with van der Waals surface area (Å²) < 4.78 is 13.4. The summed E-state index contributed by atoms with van der Waals surface area (Å²) in [6.45, 7) is 1.79. The molecule has 0 N–H and O–H groups in total. The van der Waals surface area contributed by atoms with Gasteiger partial charge in [-0.2, -0.15) is 0 Å². The molecule has 0 atom stereocenters. The lowest BCUT2D eigenvalue weighted by Crippen LogP contribution is -1.87. The monoisotopic (exact) mass is 304 g/mol. The van der Waals surface area contributed by atoms with Crippen molar-refractivity contribution in [2.75, 3.05) is 0 Å². The summed E-state index contributed by atoms with van der Waals surface area (Å²) in [7, 11) is 0. The second kappa shape index (κ2) is 3.46. The highest BCUT2D eigenvalue weighted by molar-refractivity contribution is 14.1. The summed E-state index contributed by atoms with van der Waals surface area (Å²) in [5.74, 6) is -0.442. The number of halogens is 4. The summed E-state index contributed by atoms with van der Waals surface area (Å²) in [4.78, 5) is 0. The Balaban J connectivity index is 3.46. The van der Waals surface area contributed by atoms with E-state index in [1.807, 2.05) is 22.6 Å². The first-order valence-electron chi connectivity index (χ1n) is 2.83. The lowest BCUT2D eigenvalue weighted by molar-refractivity contribution is 0.620. The van der Waals surface area contributed by atoms with Gasteiger partial charge in [0.15, 0.2) is 5.82 Å². The second-order valence-electron chi connectivity index (χ2n) is 2.12. The Hall–Kier alpha value is 0.460. The molecule has 0 aliphatic rings. The molecule has 0 fully saturated rings. The molecule has 0 aliphatic carbocycles. The molecule has 0 saturated carbocycles. The van der Waals surface area contributed by atoms with Crippen molar-refractivity contribution in [3.8, 4) is 0 Å². The zero-order valence-electron chi connectivity index (χ0n) is 5.59. The number of hydrogen-bond donors (Lipinski definition) is 0. The van der Waals surface area contributed by atoms with Gasteiger partial charge in [-0.15, -0.1) is 0 Å². The van der Waals surface area contributed by atoms with Gasteiger partial charge in [0.2, 0.25) is 0 Å². The van der Waals surface area contributed by atoms with Crippen LogP contribution in [0, 0.1) is 16.3 Å². The molecule has 0 radical (unpaired) electrons. The van der Waals surface area contributed by atoms with Crippen LogP contribution in [0.2, 0.25) is 10.0 Å². The number of benzene rings is 1. The largest absolute Gasteiger partial charge is 0.204 e. The van der Waals surface area contributed by atoms with Crippen LogP contribution < -0.4 is 0 Å². The fourth-order valence-corrected chi connectivity index (χ4v) is 1.98. The molecule has 0 spiro atoms. The Morgan fingerprint density at radius 1 is 1.36 bits per heavy atom. The number of aryl methyl sites for hydroxylation is 1. The Kier molecular flexibility index (Phi) is 3.00. The molecule has 4 heteroatoms. The Bertz CT molecular complexity index is 273. The zero-order valence-corrected chi connectivity index (χ0v) is 9.26. The topological polar surface area (TPSA) is 0 Å². The molecule has 1 aromatic rings. The molecule has 0 aromatic heterocycles. The standard InChI is InChI=1S/C7H4Cl2FI/c1-3-2-4(11)7(10)6(9)5(3)8/h2H,1H3. The molecule has 1 aromatic carbocycles. The van der Waals surface area contributed by atoms with Crippen LogP contribution in [0.1, 0.15) is 5.56 Å². The summed E-state index contributed by atoms with van der Waals surface area (Å²) in [5, 5.41) is 0.306. The van der Waals surface area contributed by atoms with Gasteiger partial charge >= 0.3 is 0 Å². The molecular formula is C7H4Cl2FI. The van der Waals surface area contributed by atoms with Crippen molar-refractivity contribution in [1.29, 1.82) is 0 Å². The van der Waals surface area contributed by atoms with Crippen LogP contribution in [0.15, 0.2) is 6.07 Å². The van der Waals surface area contributed by atoms with E-state index in [1.54, 1.807) is 13.0 Å². The maximum Gasteiger partial charge on any atom is 0.156 e. The SMILES string of the molecule is Cc1cc(I)c(F)c(Cl)c1Cl. The molecule has 0 nitrogen and oxygen atoms in total. The number of rotatable bonds is 0. The average Bonchev–Trinajstić information content (AvgIpc) is 1.97. The van der Waals surface area contributed by atoms with Crippen molar-refractivity contribution in [2.24, 2.45) is 0 Å². The van der Waals surface area contributed by atoms with Crippen LogP contribution in [-0.4, -0.2) is 0 Å². The quantitative estimate of drug-likeness (QED) is 0.385. The summed E-state index contributed by atoms with van der Waals surface area (Å²) in [6, 6.07) is 1.66. The van der Waals surface area contributed by atoms with E-state index in [9.17, 15) is 4.39 Å². The van der Waals surface area contributed by atoms with Crippen molar-refractivity contribution in [1.82, 2.24) is 0 Å². The van der Waals surface area contributed by atoms with Gasteiger partial charge in [0.05, 0.1) is 13.6 Å². The summed E-state index contributed by atoms with van der Waals surface area (Å²) >= 11 is 13.1. The minimum Gasteiger partial charge on any atom is -0.204 e. The van der Waals surface area contributed by atoms with Gasteiger partial charge in [0.25, 0.3) is 0 Å². The number of hydrogen-bond acceptors (Lipinski definition) is 0. The lowest BCUT2D eigenvalue weighted by atomic mass is 10.2. The fourth-order valence-electron chi connectivity index (χ4n) is 0.691. The molecular weight excluding hydrogens is 301 g/mol. The minimum atomic E-state index is -0.442. The third-order valence-corrected chi connectivity index (χ3v) is 3.01. The van der Waals surface area contributed by atoms with Crippen LogP contribution in [-0.2, 0) is 0 Å². The predicted octanol–water partition coefficient (Wildman–Crippen LogP) is 4.05. The van der Waals surface area contributed by atoms with Crippen molar-refractivity contribution >= 4 is 45.8 Å². The van der Waals surface area contributed by atoms with Crippen LogP contribution in [0.25, 0.3) is 0 Å². The highest BCUT2D eigenvalue weighted by Crippen LogP contribution is 2.30. The minimum absolute atomic E-state index is 0.0102. The van der Waals surface area contributed by atoms with Gasteiger partial charge in [-0.3, -0.25) is 0 Å². The molecule has 0 unspecified atom stereocenters. The van der Waals surface area contributed by atoms with Gasteiger partial charge in [-0.25, -0.2) is 4.39 Å². The molecule has 1 rings (SSSR count). The average molecular weight is 305 g/mol. The van der Waals surface area contributed by atoms with E-state index >= 15 is 0 Å². The molecule has 11 heavy (non-hydrogen) atoms. The van der Waals surface area contributed by atoms with Gasteiger partial charge in [-0.05, 0) is 41.1 Å². The van der Waals surface area contributed by atoms with E-state index in [0.29, 0.717) is 8.59 Å². The van der Waals surface area contributed by atoms with Crippen LogP contribution in [0.5, 0.6) is 0 Å². The molecule has 0 bridgehead atoms. The first-order chi connectivity index (χ1) is 5.04. The maximum atomic E-state index is 12.9. The molecule has 0 saturated heterocycles.